The fourth-order valence-corrected chi connectivity index (χ4v) is 3.97. The van der Waals surface area contributed by atoms with E-state index < -0.39 is 5.92 Å². The van der Waals surface area contributed by atoms with Gasteiger partial charge in [0.25, 0.3) is 0 Å². The zero-order valence-corrected chi connectivity index (χ0v) is 18.1. The van der Waals surface area contributed by atoms with Crippen LogP contribution in [0.1, 0.15) is 30.0 Å². The van der Waals surface area contributed by atoms with Crippen molar-refractivity contribution in [3.63, 3.8) is 0 Å². The zero-order valence-electron chi connectivity index (χ0n) is 18.1. The molecule has 1 aliphatic rings. The number of benzene rings is 2. The highest BCUT2D eigenvalue weighted by molar-refractivity contribution is 6.02. The van der Waals surface area contributed by atoms with Crippen molar-refractivity contribution in [2.45, 2.75) is 33.6 Å². The molecule has 2 aromatic carbocycles. The van der Waals surface area contributed by atoms with Crippen molar-refractivity contribution in [2.75, 3.05) is 30.4 Å². The van der Waals surface area contributed by atoms with Gasteiger partial charge < -0.3 is 15.1 Å². The van der Waals surface area contributed by atoms with Gasteiger partial charge in [0.2, 0.25) is 17.7 Å². The molecule has 6 nitrogen and oxygen atoms in total. The number of carbonyl (C=O) groups is 3. The summed E-state index contributed by atoms with van der Waals surface area (Å²) in [4.78, 5) is 41.1. The van der Waals surface area contributed by atoms with E-state index in [1.807, 2.05) is 63.2 Å². The topological polar surface area (TPSA) is 69.7 Å². The number of hydrogen-bond acceptors (Lipinski definition) is 3. The molecule has 6 heteroatoms. The zero-order chi connectivity index (χ0) is 21.8. The number of anilines is 2. The molecule has 158 valence electrons. The van der Waals surface area contributed by atoms with Crippen molar-refractivity contribution in [1.82, 2.24) is 4.90 Å². The first kappa shape index (κ1) is 21.6. The largest absolute Gasteiger partial charge is 0.336 e. The van der Waals surface area contributed by atoms with Gasteiger partial charge in [0, 0.05) is 31.4 Å². The van der Waals surface area contributed by atoms with Crippen LogP contribution in [0.2, 0.25) is 0 Å². The van der Waals surface area contributed by atoms with Crippen LogP contribution in [0.15, 0.2) is 42.5 Å². The van der Waals surface area contributed by atoms with Crippen molar-refractivity contribution in [1.29, 1.82) is 0 Å². The number of nitrogens with zero attached hydrogens (tertiary/aromatic N) is 2. The molecule has 0 radical (unpaired) electrons. The Kier molecular flexibility index (Phi) is 6.55. The van der Waals surface area contributed by atoms with E-state index >= 15 is 0 Å². The van der Waals surface area contributed by atoms with Gasteiger partial charge in [0.1, 0.15) is 0 Å². The molecule has 0 bridgehead atoms. The summed E-state index contributed by atoms with van der Waals surface area (Å²) in [7, 11) is 1.61. The average Bonchev–Trinajstić information content (AvgIpc) is 3.11. The summed E-state index contributed by atoms with van der Waals surface area (Å²) < 4.78 is 0. The second-order valence-electron chi connectivity index (χ2n) is 7.90. The molecule has 1 aliphatic heterocycles. The van der Waals surface area contributed by atoms with Gasteiger partial charge in [-0.1, -0.05) is 43.3 Å². The Hall–Kier alpha value is -3.15. The Morgan fingerprint density at radius 2 is 1.77 bits per heavy atom. The van der Waals surface area contributed by atoms with Gasteiger partial charge in [-0.25, -0.2) is 0 Å². The summed E-state index contributed by atoms with van der Waals surface area (Å²) in [6.45, 7) is 6.21. The van der Waals surface area contributed by atoms with Crippen LogP contribution >= 0.6 is 0 Å². The lowest BCUT2D eigenvalue weighted by molar-refractivity contribution is -0.137. The van der Waals surface area contributed by atoms with Crippen LogP contribution in [0.5, 0.6) is 0 Å². The Morgan fingerprint density at radius 1 is 1.10 bits per heavy atom. The third-order valence-electron chi connectivity index (χ3n) is 5.64. The number of rotatable bonds is 6. The number of aryl methyl sites for hydroxylation is 3. The molecule has 0 spiro atoms. The summed E-state index contributed by atoms with van der Waals surface area (Å²) in [6, 6.07) is 13.6. The van der Waals surface area contributed by atoms with E-state index in [1.165, 1.54) is 4.90 Å². The maximum absolute atomic E-state index is 12.9. The first-order chi connectivity index (χ1) is 14.3. The van der Waals surface area contributed by atoms with Gasteiger partial charge in [0.15, 0.2) is 0 Å². The molecule has 3 rings (SSSR count). The molecule has 1 fully saturated rings. The molecule has 1 atom stereocenters. The second kappa shape index (κ2) is 9.11. The minimum Gasteiger partial charge on any atom is -0.336 e. The predicted octanol–water partition coefficient (Wildman–Crippen LogP) is 3.32. The van der Waals surface area contributed by atoms with E-state index in [0.29, 0.717) is 6.54 Å². The first-order valence-corrected chi connectivity index (χ1v) is 10.3. The van der Waals surface area contributed by atoms with Crippen molar-refractivity contribution in [3.05, 3.63) is 59.2 Å². The lowest BCUT2D eigenvalue weighted by Gasteiger charge is -2.22. The number of hydrogen-bond donors (Lipinski definition) is 1. The van der Waals surface area contributed by atoms with Gasteiger partial charge in [0.05, 0.1) is 12.5 Å². The number of nitrogens with one attached hydrogen (secondary N) is 1. The van der Waals surface area contributed by atoms with E-state index in [-0.39, 0.29) is 30.7 Å². The number of amides is 3. The number of para-hydroxylation sites is 2. The fourth-order valence-electron chi connectivity index (χ4n) is 3.97. The molecule has 2 aromatic rings. The molecule has 0 aliphatic carbocycles. The van der Waals surface area contributed by atoms with Crippen LogP contribution in [0.3, 0.4) is 0 Å². The summed E-state index contributed by atoms with van der Waals surface area (Å²) in [5, 5.41) is 2.90. The predicted molar refractivity (Wildman–Crippen MR) is 118 cm³/mol. The highest BCUT2D eigenvalue weighted by Gasteiger charge is 2.37. The SMILES string of the molecule is CCc1ccccc1N1C[C@@H](C(=O)N(C)CC(=O)Nc2c(C)cccc2C)CC1=O. The Morgan fingerprint density at radius 3 is 2.43 bits per heavy atom. The Labute approximate surface area is 177 Å². The van der Waals surface area contributed by atoms with Crippen molar-refractivity contribution in [2.24, 2.45) is 5.92 Å². The summed E-state index contributed by atoms with van der Waals surface area (Å²) in [5.74, 6) is -0.930. The molecular formula is C24H29N3O3. The third-order valence-corrected chi connectivity index (χ3v) is 5.64. The maximum atomic E-state index is 12.9. The standard InChI is InChI=1S/C24H29N3O3/c1-5-18-11-6-7-12-20(18)27-14-19(13-22(27)29)24(30)26(4)15-21(28)25-23-16(2)9-8-10-17(23)3/h6-12,19H,5,13-15H2,1-4H3,(H,25,28)/t19-/m0/s1. The van der Waals surface area contributed by atoms with Gasteiger partial charge in [-0.2, -0.15) is 0 Å². The van der Waals surface area contributed by atoms with Gasteiger partial charge in [-0.3, -0.25) is 14.4 Å². The molecule has 1 N–H and O–H groups in total. The lowest BCUT2D eigenvalue weighted by Crippen LogP contribution is -2.39. The van der Waals surface area contributed by atoms with E-state index in [0.717, 1.165) is 34.5 Å². The molecule has 0 saturated carbocycles. The fraction of sp³-hybridized carbons (Fsp3) is 0.375. The van der Waals surface area contributed by atoms with Crippen molar-refractivity contribution in [3.8, 4) is 0 Å². The van der Waals surface area contributed by atoms with E-state index in [2.05, 4.69) is 5.32 Å². The Balaban J connectivity index is 1.64. The minimum atomic E-state index is -0.444. The van der Waals surface area contributed by atoms with Crippen LogP contribution < -0.4 is 10.2 Å². The molecule has 30 heavy (non-hydrogen) atoms. The van der Waals surface area contributed by atoms with Gasteiger partial charge in [-0.05, 0) is 43.0 Å². The summed E-state index contributed by atoms with van der Waals surface area (Å²) >= 11 is 0. The lowest BCUT2D eigenvalue weighted by atomic mass is 10.1. The normalized spacial score (nSPS) is 15.9. The third kappa shape index (κ3) is 4.53. The van der Waals surface area contributed by atoms with Crippen molar-refractivity contribution < 1.29 is 14.4 Å². The number of carbonyl (C=O) groups excluding carboxylic acids is 3. The highest BCUT2D eigenvalue weighted by atomic mass is 16.2. The molecule has 1 heterocycles. The molecular weight excluding hydrogens is 378 g/mol. The van der Waals surface area contributed by atoms with E-state index in [4.69, 9.17) is 0 Å². The van der Waals surface area contributed by atoms with Crippen LogP contribution in [-0.4, -0.2) is 42.8 Å². The summed E-state index contributed by atoms with van der Waals surface area (Å²) in [5.41, 5.74) is 4.69. The second-order valence-corrected chi connectivity index (χ2v) is 7.90. The average molecular weight is 408 g/mol. The first-order valence-electron chi connectivity index (χ1n) is 10.3. The summed E-state index contributed by atoms with van der Waals surface area (Å²) in [6.07, 6.45) is 0.983. The molecule has 0 unspecified atom stereocenters. The van der Waals surface area contributed by atoms with Crippen LogP contribution in [0, 0.1) is 19.8 Å². The Bertz CT molecular complexity index is 950. The molecule has 0 aromatic heterocycles. The van der Waals surface area contributed by atoms with Crippen LogP contribution in [-0.2, 0) is 20.8 Å². The molecule has 3 amide bonds. The highest BCUT2D eigenvalue weighted by Crippen LogP contribution is 2.29. The monoisotopic (exact) mass is 407 g/mol. The molecule has 1 saturated heterocycles. The van der Waals surface area contributed by atoms with Crippen molar-refractivity contribution >= 4 is 29.1 Å². The van der Waals surface area contributed by atoms with E-state index in [1.54, 1.807) is 11.9 Å². The van der Waals surface area contributed by atoms with Crippen LogP contribution in [0.4, 0.5) is 11.4 Å². The number of likely N-dealkylation sites (N-methyl/N-ethyl adjacent to an activating group) is 1. The van der Waals surface area contributed by atoms with E-state index in [9.17, 15) is 14.4 Å². The quantitative estimate of drug-likeness (QED) is 0.799. The van der Waals surface area contributed by atoms with Crippen LogP contribution in [0.25, 0.3) is 0 Å². The van der Waals surface area contributed by atoms with Gasteiger partial charge >= 0.3 is 0 Å². The minimum absolute atomic E-state index is 0.0527. The smallest absolute Gasteiger partial charge is 0.243 e. The van der Waals surface area contributed by atoms with Gasteiger partial charge in [-0.15, -0.1) is 0 Å². The maximum Gasteiger partial charge on any atom is 0.243 e.